The zero-order valence-corrected chi connectivity index (χ0v) is 12.9. The molecule has 1 saturated heterocycles. The zero-order valence-electron chi connectivity index (χ0n) is 12.1. The van der Waals surface area contributed by atoms with Crippen LogP contribution >= 0.6 is 12.4 Å². The highest BCUT2D eigenvalue weighted by Crippen LogP contribution is 2.22. The lowest BCUT2D eigenvalue weighted by atomic mass is 10.1. The number of benzene rings is 1. The quantitative estimate of drug-likeness (QED) is 0.861. The van der Waals surface area contributed by atoms with Gasteiger partial charge in [0.25, 0.3) is 0 Å². The second kappa shape index (κ2) is 8.39. The van der Waals surface area contributed by atoms with Crippen LogP contribution in [0.1, 0.15) is 31.2 Å². The summed E-state index contributed by atoms with van der Waals surface area (Å²) in [5.74, 6) is -0.0718. The molecule has 1 fully saturated rings. The summed E-state index contributed by atoms with van der Waals surface area (Å²) in [6, 6.07) is 6.76. The fourth-order valence-corrected chi connectivity index (χ4v) is 2.41. The van der Waals surface area contributed by atoms with E-state index in [4.69, 9.17) is 0 Å². The Hall–Kier alpha value is -1.27. The van der Waals surface area contributed by atoms with Crippen LogP contribution < -0.4 is 10.6 Å². The third-order valence-electron chi connectivity index (χ3n) is 3.53. The number of alkyl halides is 3. The predicted molar refractivity (Wildman–Crippen MR) is 82.3 cm³/mol. The Morgan fingerprint density at radius 3 is 2.50 bits per heavy atom. The van der Waals surface area contributed by atoms with Crippen LogP contribution in [0.5, 0.6) is 0 Å². The first-order chi connectivity index (χ1) is 9.92. The number of rotatable bonds is 5. The molecule has 22 heavy (non-hydrogen) atoms. The lowest BCUT2D eigenvalue weighted by Gasteiger charge is -2.11. The number of carbonyl (C=O) groups is 1. The summed E-state index contributed by atoms with van der Waals surface area (Å²) in [5, 5.41) is 6.01. The predicted octanol–water partition coefficient (Wildman–Crippen LogP) is 3.68. The Morgan fingerprint density at radius 1 is 1.27 bits per heavy atom. The fourth-order valence-electron chi connectivity index (χ4n) is 2.41. The molecule has 1 aliphatic heterocycles. The summed E-state index contributed by atoms with van der Waals surface area (Å²) >= 11 is 0. The van der Waals surface area contributed by atoms with Crippen LogP contribution in [-0.4, -0.2) is 24.7 Å². The van der Waals surface area contributed by atoms with Crippen molar-refractivity contribution in [3.05, 3.63) is 29.8 Å². The zero-order chi connectivity index (χ0) is 15.3. The van der Waals surface area contributed by atoms with Crippen LogP contribution in [0.15, 0.2) is 24.3 Å². The Balaban J connectivity index is 0.00000242. The van der Waals surface area contributed by atoms with Crippen molar-refractivity contribution in [2.24, 2.45) is 0 Å². The minimum Gasteiger partial charge on any atom is -0.326 e. The van der Waals surface area contributed by atoms with Crippen LogP contribution in [0, 0.1) is 0 Å². The van der Waals surface area contributed by atoms with E-state index in [0.717, 1.165) is 19.4 Å². The van der Waals surface area contributed by atoms with Crippen molar-refractivity contribution in [1.82, 2.24) is 5.32 Å². The van der Waals surface area contributed by atoms with Gasteiger partial charge in [0.1, 0.15) is 0 Å². The van der Waals surface area contributed by atoms with Crippen molar-refractivity contribution in [3.63, 3.8) is 0 Å². The van der Waals surface area contributed by atoms with Gasteiger partial charge in [0.2, 0.25) is 5.91 Å². The summed E-state index contributed by atoms with van der Waals surface area (Å²) in [6.45, 7) is 0.950. The molecule has 3 nitrogen and oxygen atoms in total. The molecule has 0 aromatic heterocycles. The Bertz CT molecular complexity index is 471. The molecule has 1 atom stereocenters. The van der Waals surface area contributed by atoms with E-state index >= 15 is 0 Å². The average Bonchev–Trinajstić information content (AvgIpc) is 2.89. The first kappa shape index (κ1) is 18.8. The van der Waals surface area contributed by atoms with Gasteiger partial charge in [-0.25, -0.2) is 0 Å². The summed E-state index contributed by atoms with van der Waals surface area (Å²) in [5.41, 5.74) is 1.23. The smallest absolute Gasteiger partial charge is 0.326 e. The number of hydrogen-bond donors (Lipinski definition) is 2. The second-order valence-corrected chi connectivity index (χ2v) is 5.36. The minimum absolute atomic E-state index is 0. The van der Waals surface area contributed by atoms with Gasteiger partial charge in [-0.15, -0.1) is 12.4 Å². The number of amides is 1. The Kier molecular flexibility index (Phi) is 7.16. The van der Waals surface area contributed by atoms with E-state index in [1.165, 1.54) is 0 Å². The molecule has 0 saturated carbocycles. The first-order valence-corrected chi connectivity index (χ1v) is 7.11. The van der Waals surface area contributed by atoms with Gasteiger partial charge in [0.05, 0.1) is 0 Å². The van der Waals surface area contributed by atoms with Crippen LogP contribution in [-0.2, 0) is 11.2 Å². The molecule has 1 aliphatic rings. The van der Waals surface area contributed by atoms with Crippen LogP contribution in [0.2, 0.25) is 0 Å². The molecular weight excluding hydrogens is 317 g/mol. The molecule has 0 aliphatic carbocycles. The van der Waals surface area contributed by atoms with Crippen molar-refractivity contribution < 1.29 is 18.0 Å². The number of carbonyl (C=O) groups excluding carboxylic acids is 1. The molecule has 2 N–H and O–H groups in total. The SMILES string of the molecule is Cl.O=C(CC1CCCN1)Nc1ccc(CCC(F)(F)F)cc1. The number of anilines is 1. The van der Waals surface area contributed by atoms with E-state index in [2.05, 4.69) is 10.6 Å². The van der Waals surface area contributed by atoms with Crippen LogP contribution in [0.4, 0.5) is 18.9 Å². The van der Waals surface area contributed by atoms with Crippen LogP contribution in [0.25, 0.3) is 0 Å². The second-order valence-electron chi connectivity index (χ2n) is 5.36. The summed E-state index contributed by atoms with van der Waals surface area (Å²) < 4.78 is 36.4. The molecule has 1 amide bonds. The van der Waals surface area contributed by atoms with Gasteiger partial charge in [-0.1, -0.05) is 12.1 Å². The fraction of sp³-hybridized carbons (Fsp3) is 0.533. The van der Waals surface area contributed by atoms with Crippen molar-refractivity contribution in [2.45, 2.75) is 44.3 Å². The van der Waals surface area contributed by atoms with E-state index in [1.54, 1.807) is 24.3 Å². The molecule has 0 radical (unpaired) electrons. The normalized spacial score (nSPS) is 17.9. The van der Waals surface area contributed by atoms with Crippen LogP contribution in [0.3, 0.4) is 0 Å². The molecule has 1 aromatic carbocycles. The van der Waals surface area contributed by atoms with Gasteiger partial charge in [-0.2, -0.15) is 13.2 Å². The molecule has 2 rings (SSSR count). The molecule has 1 heterocycles. The third-order valence-corrected chi connectivity index (χ3v) is 3.53. The average molecular weight is 337 g/mol. The monoisotopic (exact) mass is 336 g/mol. The number of aryl methyl sites for hydroxylation is 1. The molecule has 0 spiro atoms. The lowest BCUT2D eigenvalue weighted by molar-refractivity contribution is -0.134. The number of nitrogens with one attached hydrogen (secondary N) is 2. The van der Waals surface area contributed by atoms with Gasteiger partial charge in [-0.3, -0.25) is 4.79 Å². The van der Waals surface area contributed by atoms with Gasteiger partial charge < -0.3 is 10.6 Å². The lowest BCUT2D eigenvalue weighted by Crippen LogP contribution is -2.27. The molecule has 1 unspecified atom stereocenters. The topological polar surface area (TPSA) is 41.1 Å². The van der Waals surface area contributed by atoms with Crippen molar-refractivity contribution in [2.75, 3.05) is 11.9 Å². The van der Waals surface area contributed by atoms with Gasteiger partial charge >= 0.3 is 6.18 Å². The molecule has 1 aromatic rings. The maximum atomic E-state index is 12.1. The summed E-state index contributed by atoms with van der Waals surface area (Å²) in [7, 11) is 0. The van der Waals surface area contributed by atoms with Gasteiger partial charge in [-0.05, 0) is 43.5 Å². The summed E-state index contributed by atoms with van der Waals surface area (Å²) in [4.78, 5) is 11.8. The maximum Gasteiger partial charge on any atom is 0.389 e. The highest BCUT2D eigenvalue weighted by molar-refractivity contribution is 5.91. The van der Waals surface area contributed by atoms with Crippen molar-refractivity contribution in [1.29, 1.82) is 0 Å². The largest absolute Gasteiger partial charge is 0.389 e. The van der Waals surface area contributed by atoms with E-state index in [0.29, 0.717) is 17.7 Å². The number of halogens is 4. The first-order valence-electron chi connectivity index (χ1n) is 7.11. The van der Waals surface area contributed by atoms with E-state index in [-0.39, 0.29) is 30.8 Å². The third kappa shape index (κ3) is 6.66. The molecule has 0 bridgehead atoms. The number of hydrogen-bond acceptors (Lipinski definition) is 2. The van der Waals surface area contributed by atoms with Gasteiger partial charge in [0, 0.05) is 24.6 Å². The Morgan fingerprint density at radius 2 is 1.95 bits per heavy atom. The maximum absolute atomic E-state index is 12.1. The van der Waals surface area contributed by atoms with Gasteiger partial charge in [0.15, 0.2) is 0 Å². The van der Waals surface area contributed by atoms with Crippen molar-refractivity contribution >= 4 is 24.0 Å². The van der Waals surface area contributed by atoms with E-state index in [9.17, 15) is 18.0 Å². The minimum atomic E-state index is -4.14. The highest BCUT2D eigenvalue weighted by Gasteiger charge is 2.26. The van der Waals surface area contributed by atoms with Crippen molar-refractivity contribution in [3.8, 4) is 0 Å². The molecule has 7 heteroatoms. The van der Waals surface area contributed by atoms with E-state index < -0.39 is 12.6 Å². The standard InChI is InChI=1S/C15H19F3N2O.ClH/c16-15(17,18)8-7-11-3-5-12(6-4-11)20-14(21)10-13-2-1-9-19-13;/h3-6,13,19H,1-2,7-10H2,(H,20,21);1H. The molecule has 124 valence electrons. The Labute approximate surface area is 134 Å². The highest BCUT2D eigenvalue weighted by atomic mass is 35.5. The van der Waals surface area contributed by atoms with E-state index in [1.807, 2.05) is 0 Å². The summed E-state index contributed by atoms with van der Waals surface area (Å²) in [6.07, 6.45) is -2.48. The molecular formula is C15H20ClF3N2O.